The van der Waals surface area contributed by atoms with E-state index in [-0.39, 0.29) is 16.7 Å². The Bertz CT molecular complexity index is 2280. The molecule has 2 aromatic carbocycles. The van der Waals surface area contributed by atoms with Gasteiger partial charge in [-0.15, -0.1) is 0 Å². The molecular formula is C48H52N4O5. The lowest BCUT2D eigenvalue weighted by atomic mass is 9.60. The van der Waals surface area contributed by atoms with Crippen LogP contribution in [0.1, 0.15) is 113 Å². The SMILES string of the molecule is Cc1ncccc1NC(=O)c1cc2n(c1)CCC[C@H]1CC(=O)CC[C@@]21Cc1ccccc1.O=C1CC[C@@]2(Cc3ccccc3)c3cc(C(=O)O)cn3CCC[C@H]2C1. The maximum Gasteiger partial charge on any atom is 0.337 e. The molecule has 2 aliphatic heterocycles. The summed E-state index contributed by atoms with van der Waals surface area (Å²) in [7, 11) is 0. The molecule has 4 atom stereocenters. The van der Waals surface area contributed by atoms with Crippen LogP contribution in [0.25, 0.3) is 0 Å². The number of aromatic carboxylic acids is 1. The van der Waals surface area contributed by atoms with E-state index in [9.17, 15) is 24.3 Å². The second-order valence-corrected chi connectivity index (χ2v) is 16.8. The highest BCUT2D eigenvalue weighted by Crippen LogP contribution is 2.51. The average Bonchev–Trinajstić information content (AvgIpc) is 3.78. The third-order valence-electron chi connectivity index (χ3n) is 13.4. The molecule has 4 aliphatic rings. The van der Waals surface area contributed by atoms with E-state index in [2.05, 4.69) is 61.9 Å². The number of carboxylic acid groups (broad SMARTS) is 1. The first-order valence-electron chi connectivity index (χ1n) is 20.6. The maximum atomic E-state index is 13.1. The Kier molecular flexibility index (Phi) is 10.8. The zero-order valence-corrected chi connectivity index (χ0v) is 32.8. The molecule has 9 rings (SSSR count). The minimum absolute atomic E-state index is 0.111. The number of carboxylic acids is 1. The van der Waals surface area contributed by atoms with Crippen LogP contribution in [-0.4, -0.2) is 42.7 Å². The van der Waals surface area contributed by atoms with Gasteiger partial charge in [0.2, 0.25) is 0 Å². The fourth-order valence-corrected chi connectivity index (χ4v) is 10.6. The third kappa shape index (κ3) is 7.76. The van der Waals surface area contributed by atoms with Crippen LogP contribution in [0.2, 0.25) is 0 Å². The number of aryl methyl sites for hydroxylation is 3. The number of rotatable bonds is 7. The molecule has 5 heterocycles. The van der Waals surface area contributed by atoms with Gasteiger partial charge in [-0.05, 0) is 106 Å². The van der Waals surface area contributed by atoms with Crippen LogP contribution in [0.4, 0.5) is 5.69 Å². The summed E-state index contributed by atoms with van der Waals surface area (Å²) in [5.74, 6) is 0.359. The van der Waals surface area contributed by atoms with Gasteiger partial charge < -0.3 is 19.6 Å². The van der Waals surface area contributed by atoms with Crippen molar-refractivity contribution < 1.29 is 24.3 Å². The number of pyridine rings is 1. The van der Waals surface area contributed by atoms with Crippen molar-refractivity contribution in [2.24, 2.45) is 11.8 Å². The average molecular weight is 765 g/mol. The second kappa shape index (κ2) is 16.1. The number of hydrogen-bond donors (Lipinski definition) is 2. The van der Waals surface area contributed by atoms with Crippen LogP contribution in [0.5, 0.6) is 0 Å². The van der Waals surface area contributed by atoms with Gasteiger partial charge in [-0.25, -0.2) is 4.79 Å². The van der Waals surface area contributed by atoms with Gasteiger partial charge in [0.1, 0.15) is 11.6 Å². The Morgan fingerprint density at radius 1 is 0.737 bits per heavy atom. The van der Waals surface area contributed by atoms with Gasteiger partial charge in [0, 0.05) is 79.6 Å². The number of carbonyl (C=O) groups excluding carboxylic acids is 3. The molecule has 294 valence electrons. The number of anilines is 1. The molecule has 9 heteroatoms. The van der Waals surface area contributed by atoms with Crippen molar-refractivity contribution in [3.63, 3.8) is 0 Å². The molecule has 2 N–H and O–H groups in total. The summed E-state index contributed by atoms with van der Waals surface area (Å²) in [6.45, 7) is 3.61. The molecule has 57 heavy (non-hydrogen) atoms. The quantitative estimate of drug-likeness (QED) is 0.171. The number of fused-ring (bicyclic) bond motifs is 6. The summed E-state index contributed by atoms with van der Waals surface area (Å²) < 4.78 is 4.42. The number of nitrogens with zero attached hydrogens (tertiary/aromatic N) is 3. The van der Waals surface area contributed by atoms with Gasteiger partial charge in [-0.3, -0.25) is 19.4 Å². The molecule has 0 unspecified atom stereocenters. The van der Waals surface area contributed by atoms with Gasteiger partial charge in [-0.1, -0.05) is 60.7 Å². The van der Waals surface area contributed by atoms with Crippen molar-refractivity contribution in [1.82, 2.24) is 14.1 Å². The zero-order chi connectivity index (χ0) is 39.6. The van der Waals surface area contributed by atoms with E-state index in [0.29, 0.717) is 60.2 Å². The molecule has 0 saturated heterocycles. The molecule has 1 amide bonds. The number of carbonyl (C=O) groups is 4. The van der Waals surface area contributed by atoms with Gasteiger partial charge >= 0.3 is 5.97 Å². The fourth-order valence-electron chi connectivity index (χ4n) is 10.6. The fraction of sp³-hybridized carbons (Fsp3) is 0.396. The molecule has 9 nitrogen and oxygen atoms in total. The molecule has 2 saturated carbocycles. The zero-order valence-electron chi connectivity index (χ0n) is 32.8. The maximum absolute atomic E-state index is 13.1. The largest absolute Gasteiger partial charge is 0.478 e. The van der Waals surface area contributed by atoms with Crippen molar-refractivity contribution >= 4 is 29.1 Å². The van der Waals surface area contributed by atoms with Gasteiger partial charge in [-0.2, -0.15) is 0 Å². The topological polar surface area (TPSA) is 123 Å². The molecule has 0 spiro atoms. The van der Waals surface area contributed by atoms with Crippen LogP contribution >= 0.6 is 0 Å². The molecule has 3 aromatic heterocycles. The second-order valence-electron chi connectivity index (χ2n) is 16.8. The highest BCUT2D eigenvalue weighted by molar-refractivity contribution is 6.04. The minimum Gasteiger partial charge on any atom is -0.478 e. The van der Waals surface area contributed by atoms with Crippen molar-refractivity contribution in [2.45, 2.75) is 108 Å². The Morgan fingerprint density at radius 2 is 1.25 bits per heavy atom. The number of aromatic nitrogens is 3. The van der Waals surface area contributed by atoms with Crippen LogP contribution in [0, 0.1) is 18.8 Å². The first-order valence-corrected chi connectivity index (χ1v) is 20.6. The Morgan fingerprint density at radius 3 is 1.75 bits per heavy atom. The monoisotopic (exact) mass is 764 g/mol. The lowest BCUT2D eigenvalue weighted by molar-refractivity contribution is -0.124. The lowest BCUT2D eigenvalue weighted by Crippen LogP contribution is -2.43. The summed E-state index contributed by atoms with van der Waals surface area (Å²) in [4.78, 5) is 53.5. The number of ketones is 2. The van der Waals surface area contributed by atoms with Crippen LogP contribution in [0.15, 0.2) is 104 Å². The van der Waals surface area contributed by atoms with E-state index in [1.807, 2.05) is 55.6 Å². The molecule has 2 fully saturated rings. The summed E-state index contributed by atoms with van der Waals surface area (Å²) in [5.41, 5.74) is 7.19. The Balaban J connectivity index is 0.000000165. The highest BCUT2D eigenvalue weighted by atomic mass is 16.4. The van der Waals surface area contributed by atoms with Crippen molar-refractivity contribution in [3.8, 4) is 0 Å². The van der Waals surface area contributed by atoms with Gasteiger partial charge in [0.05, 0.1) is 22.5 Å². The van der Waals surface area contributed by atoms with Crippen molar-refractivity contribution in [2.75, 3.05) is 5.32 Å². The third-order valence-corrected chi connectivity index (χ3v) is 13.4. The molecule has 5 aromatic rings. The molecule has 2 aliphatic carbocycles. The Hall–Kier alpha value is -5.57. The molecule has 0 bridgehead atoms. The summed E-state index contributed by atoms with van der Waals surface area (Å²) in [6, 6.07) is 28.6. The normalized spacial score (nSPS) is 23.9. The molecular weight excluding hydrogens is 713 g/mol. The van der Waals surface area contributed by atoms with Gasteiger partial charge in [0.25, 0.3) is 5.91 Å². The number of benzene rings is 2. The first-order chi connectivity index (χ1) is 27.6. The van der Waals surface area contributed by atoms with Crippen molar-refractivity contribution in [3.05, 3.63) is 143 Å². The van der Waals surface area contributed by atoms with E-state index in [4.69, 9.17) is 0 Å². The number of hydrogen-bond acceptors (Lipinski definition) is 5. The van der Waals surface area contributed by atoms with E-state index in [1.165, 1.54) is 16.8 Å². The summed E-state index contributed by atoms with van der Waals surface area (Å²) in [6.07, 6.45) is 15.5. The summed E-state index contributed by atoms with van der Waals surface area (Å²) >= 11 is 0. The number of nitrogens with one attached hydrogen (secondary N) is 1. The first kappa shape index (κ1) is 38.3. The smallest absolute Gasteiger partial charge is 0.337 e. The van der Waals surface area contributed by atoms with Crippen LogP contribution < -0.4 is 5.32 Å². The van der Waals surface area contributed by atoms with E-state index in [0.717, 1.165) is 81.5 Å². The van der Waals surface area contributed by atoms with Crippen molar-refractivity contribution in [1.29, 1.82) is 0 Å². The van der Waals surface area contributed by atoms with E-state index < -0.39 is 5.97 Å². The standard InChI is InChI=1S/C27H29N3O2.C21H23NO3/c1-19-24(10-5-13-28-19)29-26(32)21-15-25-27(17-20-7-3-2-4-8-20)12-11-23(31)16-22(27)9-6-14-30(25)18-21;23-18-8-9-21(13-15-5-2-1-3-6-15)17(12-18)7-4-10-22-14-16(20(24)25)11-19(21)22/h2-5,7-8,10,13,15,18,22H,6,9,11-12,14,16-17H2,1H3,(H,29,32);1-3,5-6,11,14,17H,4,7-10,12-13H2,(H,24,25)/t22-,27-;17-,21-/m00/s1. The molecule has 0 radical (unpaired) electrons. The Labute approximate surface area is 334 Å². The van der Waals surface area contributed by atoms with Gasteiger partial charge in [0.15, 0.2) is 0 Å². The predicted octanol–water partition coefficient (Wildman–Crippen LogP) is 8.92. The lowest BCUT2D eigenvalue weighted by Gasteiger charge is -2.43. The van der Waals surface area contributed by atoms with E-state index >= 15 is 0 Å². The number of Topliss-reactive ketones (excluding diaryl/α,β-unsaturated/α-hetero) is 2. The predicted molar refractivity (Wildman–Crippen MR) is 220 cm³/mol. The van der Waals surface area contributed by atoms with Crippen LogP contribution in [0.3, 0.4) is 0 Å². The summed E-state index contributed by atoms with van der Waals surface area (Å²) in [5, 5.41) is 12.5. The van der Waals surface area contributed by atoms with E-state index in [1.54, 1.807) is 12.4 Å². The minimum atomic E-state index is -0.876. The van der Waals surface area contributed by atoms with Crippen LogP contribution in [-0.2, 0) is 46.4 Å². The highest BCUT2D eigenvalue weighted by Gasteiger charge is 2.48. The number of amides is 1.